The van der Waals surface area contributed by atoms with E-state index in [1.807, 2.05) is 25.1 Å². The van der Waals surface area contributed by atoms with Crippen molar-refractivity contribution in [2.24, 2.45) is 5.73 Å². The number of nitrogens with zero attached hydrogens (tertiary/aromatic N) is 2. The molecule has 0 unspecified atom stereocenters. The van der Waals surface area contributed by atoms with E-state index < -0.39 is 0 Å². The molecule has 100 valence electrons. The first-order valence-electron chi connectivity index (χ1n) is 6.07. The molecule has 0 saturated carbocycles. The molecule has 0 aliphatic rings. The van der Waals surface area contributed by atoms with Crippen molar-refractivity contribution in [1.29, 1.82) is 0 Å². The van der Waals surface area contributed by atoms with Crippen molar-refractivity contribution >= 4 is 5.91 Å². The van der Waals surface area contributed by atoms with Crippen molar-refractivity contribution in [3.05, 3.63) is 52.9 Å². The number of aromatic nitrogens is 1. The minimum atomic E-state index is -0.0516. The molecule has 0 aliphatic heterocycles. The zero-order chi connectivity index (χ0) is 13.8. The number of carbonyl (C=O) groups is 1. The number of aryl methyl sites for hydroxylation is 1. The van der Waals surface area contributed by atoms with Gasteiger partial charge in [-0.2, -0.15) is 0 Å². The van der Waals surface area contributed by atoms with Gasteiger partial charge in [-0.25, -0.2) is 0 Å². The first kappa shape index (κ1) is 13.3. The minimum absolute atomic E-state index is 0.0516. The average molecular weight is 259 g/mol. The summed E-state index contributed by atoms with van der Waals surface area (Å²) in [5, 5.41) is 3.87. The van der Waals surface area contributed by atoms with Gasteiger partial charge in [0.1, 0.15) is 11.5 Å². The minimum Gasteiger partial charge on any atom is -0.361 e. The lowest BCUT2D eigenvalue weighted by Crippen LogP contribution is -2.26. The lowest BCUT2D eigenvalue weighted by molar-refractivity contribution is 0.0782. The van der Waals surface area contributed by atoms with E-state index in [0.29, 0.717) is 18.7 Å². The number of rotatable bonds is 4. The van der Waals surface area contributed by atoms with Gasteiger partial charge >= 0.3 is 0 Å². The molecule has 19 heavy (non-hydrogen) atoms. The number of amides is 1. The molecule has 5 nitrogen and oxygen atoms in total. The van der Waals surface area contributed by atoms with Crippen molar-refractivity contribution in [3.8, 4) is 0 Å². The normalized spacial score (nSPS) is 10.5. The van der Waals surface area contributed by atoms with Crippen molar-refractivity contribution in [1.82, 2.24) is 10.1 Å². The zero-order valence-corrected chi connectivity index (χ0v) is 11.1. The summed E-state index contributed by atoms with van der Waals surface area (Å²) in [6, 6.07) is 9.12. The first-order chi connectivity index (χ1) is 9.10. The molecule has 0 fully saturated rings. The summed E-state index contributed by atoms with van der Waals surface area (Å²) < 4.78 is 4.98. The Balaban J connectivity index is 2.05. The van der Waals surface area contributed by atoms with Crippen LogP contribution in [0.4, 0.5) is 0 Å². The van der Waals surface area contributed by atoms with E-state index in [2.05, 4.69) is 5.16 Å². The van der Waals surface area contributed by atoms with Gasteiger partial charge < -0.3 is 15.2 Å². The van der Waals surface area contributed by atoms with Gasteiger partial charge in [0.15, 0.2) is 0 Å². The predicted molar refractivity (Wildman–Crippen MR) is 71.4 cm³/mol. The maximum Gasteiger partial charge on any atom is 0.253 e. The summed E-state index contributed by atoms with van der Waals surface area (Å²) in [6.45, 7) is 2.72. The second-order valence-corrected chi connectivity index (χ2v) is 4.49. The van der Waals surface area contributed by atoms with Crippen molar-refractivity contribution < 1.29 is 9.32 Å². The van der Waals surface area contributed by atoms with Gasteiger partial charge in [0.05, 0.1) is 6.54 Å². The summed E-state index contributed by atoms with van der Waals surface area (Å²) in [7, 11) is 1.74. The molecule has 2 rings (SSSR count). The molecule has 0 bridgehead atoms. The topological polar surface area (TPSA) is 72.4 Å². The number of hydrogen-bond acceptors (Lipinski definition) is 4. The maximum atomic E-state index is 12.2. The number of hydrogen-bond donors (Lipinski definition) is 1. The third-order valence-electron chi connectivity index (χ3n) is 2.86. The van der Waals surface area contributed by atoms with Crippen LogP contribution in [0.15, 0.2) is 34.9 Å². The van der Waals surface area contributed by atoms with Gasteiger partial charge in [-0.15, -0.1) is 0 Å². The third-order valence-corrected chi connectivity index (χ3v) is 2.86. The van der Waals surface area contributed by atoms with Crippen LogP contribution in [-0.2, 0) is 13.1 Å². The van der Waals surface area contributed by atoms with Crippen LogP contribution in [0.5, 0.6) is 0 Å². The van der Waals surface area contributed by atoms with Gasteiger partial charge in [0, 0.05) is 25.2 Å². The molecule has 0 saturated heterocycles. The standard InChI is InChI=1S/C14H17N3O2/c1-10-7-13(16-19-10)9-17(2)14(18)12-5-3-11(8-15)4-6-12/h3-7H,8-9,15H2,1-2H3. The van der Waals surface area contributed by atoms with E-state index in [9.17, 15) is 4.79 Å². The van der Waals surface area contributed by atoms with Crippen LogP contribution in [0.1, 0.15) is 27.4 Å². The molecule has 0 radical (unpaired) electrons. The molecule has 5 heteroatoms. The average Bonchev–Trinajstić information content (AvgIpc) is 2.83. The van der Waals surface area contributed by atoms with Crippen LogP contribution < -0.4 is 5.73 Å². The van der Waals surface area contributed by atoms with Crippen LogP contribution in [0.25, 0.3) is 0 Å². The SMILES string of the molecule is Cc1cc(CN(C)C(=O)c2ccc(CN)cc2)no1. The molecular formula is C14H17N3O2. The Kier molecular flexibility index (Phi) is 3.97. The molecule has 1 aromatic carbocycles. The van der Waals surface area contributed by atoms with Gasteiger partial charge in [-0.05, 0) is 24.6 Å². The highest BCUT2D eigenvalue weighted by atomic mass is 16.5. The Morgan fingerprint density at radius 3 is 2.58 bits per heavy atom. The number of carbonyl (C=O) groups excluding carboxylic acids is 1. The van der Waals surface area contributed by atoms with Crippen LogP contribution in [0, 0.1) is 6.92 Å². The zero-order valence-electron chi connectivity index (χ0n) is 11.1. The first-order valence-corrected chi connectivity index (χ1v) is 6.07. The van der Waals surface area contributed by atoms with Crippen LogP contribution in [0.3, 0.4) is 0 Å². The summed E-state index contributed by atoms with van der Waals surface area (Å²) in [6.07, 6.45) is 0. The van der Waals surface area contributed by atoms with Crippen molar-refractivity contribution in [2.75, 3.05) is 7.05 Å². The van der Waals surface area contributed by atoms with Crippen molar-refractivity contribution in [2.45, 2.75) is 20.0 Å². The summed E-state index contributed by atoms with van der Waals surface area (Å²) in [5.41, 5.74) is 7.91. The Labute approximate surface area is 112 Å². The Bertz CT molecular complexity index is 560. The Hall–Kier alpha value is -2.14. The van der Waals surface area contributed by atoms with E-state index in [0.717, 1.165) is 17.0 Å². The van der Waals surface area contributed by atoms with Gasteiger partial charge in [0.2, 0.25) is 0 Å². The monoisotopic (exact) mass is 259 g/mol. The highest BCUT2D eigenvalue weighted by molar-refractivity contribution is 5.94. The summed E-state index contributed by atoms with van der Waals surface area (Å²) >= 11 is 0. The van der Waals surface area contributed by atoms with E-state index in [1.54, 1.807) is 24.1 Å². The summed E-state index contributed by atoms with van der Waals surface area (Å²) in [4.78, 5) is 13.8. The molecule has 2 aromatic rings. The number of benzene rings is 1. The molecule has 1 heterocycles. The Morgan fingerprint density at radius 2 is 2.05 bits per heavy atom. The summed E-state index contributed by atoms with van der Waals surface area (Å²) in [5.74, 6) is 0.687. The predicted octanol–water partition coefficient (Wildman–Crippen LogP) is 1.71. The number of nitrogens with two attached hydrogens (primary N) is 1. The van der Waals surface area contributed by atoms with Gasteiger partial charge in [-0.3, -0.25) is 4.79 Å². The second-order valence-electron chi connectivity index (χ2n) is 4.49. The lowest BCUT2D eigenvalue weighted by atomic mass is 10.1. The van der Waals surface area contributed by atoms with E-state index >= 15 is 0 Å². The smallest absolute Gasteiger partial charge is 0.253 e. The van der Waals surface area contributed by atoms with Crippen LogP contribution in [0.2, 0.25) is 0 Å². The van der Waals surface area contributed by atoms with Gasteiger partial charge in [0.25, 0.3) is 5.91 Å². The quantitative estimate of drug-likeness (QED) is 0.907. The lowest BCUT2D eigenvalue weighted by Gasteiger charge is -2.15. The maximum absolute atomic E-state index is 12.2. The fraction of sp³-hybridized carbons (Fsp3) is 0.286. The molecule has 0 spiro atoms. The highest BCUT2D eigenvalue weighted by Crippen LogP contribution is 2.10. The molecule has 0 aliphatic carbocycles. The van der Waals surface area contributed by atoms with E-state index in [4.69, 9.17) is 10.3 Å². The van der Waals surface area contributed by atoms with Crippen molar-refractivity contribution in [3.63, 3.8) is 0 Å². The Morgan fingerprint density at radius 1 is 1.37 bits per heavy atom. The molecule has 1 amide bonds. The van der Waals surface area contributed by atoms with Gasteiger partial charge in [-0.1, -0.05) is 17.3 Å². The second kappa shape index (κ2) is 5.67. The molecule has 2 N–H and O–H groups in total. The van der Waals surface area contributed by atoms with E-state index in [-0.39, 0.29) is 5.91 Å². The third kappa shape index (κ3) is 3.20. The molecule has 0 atom stereocenters. The highest BCUT2D eigenvalue weighted by Gasteiger charge is 2.13. The fourth-order valence-corrected chi connectivity index (χ4v) is 1.81. The van der Waals surface area contributed by atoms with Crippen LogP contribution in [-0.4, -0.2) is 23.0 Å². The largest absolute Gasteiger partial charge is 0.361 e. The van der Waals surface area contributed by atoms with E-state index in [1.165, 1.54) is 0 Å². The fourth-order valence-electron chi connectivity index (χ4n) is 1.81. The molecule has 1 aromatic heterocycles. The van der Waals surface area contributed by atoms with Crippen LogP contribution >= 0.6 is 0 Å². The molecular weight excluding hydrogens is 242 g/mol.